The Morgan fingerprint density at radius 2 is 2.14 bits per heavy atom. The number of rotatable bonds is 4. The van der Waals surface area contributed by atoms with Crippen LogP contribution in [0.1, 0.15) is 16.9 Å². The molecule has 6 nitrogen and oxygen atoms in total. The number of nitrogens with one attached hydrogen (secondary N) is 1. The number of benzene rings is 2. The van der Waals surface area contributed by atoms with Gasteiger partial charge in [0.1, 0.15) is 11.6 Å². The molecule has 2 aromatic carbocycles. The van der Waals surface area contributed by atoms with Crippen LogP contribution >= 0.6 is 0 Å². The first-order chi connectivity index (χ1) is 13.7. The number of hydrogen-bond acceptors (Lipinski definition) is 5. The molecular formula is C21H20FN5O. The van der Waals surface area contributed by atoms with Crippen molar-refractivity contribution in [2.24, 2.45) is 7.05 Å². The summed E-state index contributed by atoms with van der Waals surface area (Å²) in [7, 11) is 2.00. The Morgan fingerprint density at radius 3 is 3.04 bits per heavy atom. The van der Waals surface area contributed by atoms with Crippen LogP contribution in [0.4, 0.5) is 15.9 Å². The Hall–Kier alpha value is -3.19. The summed E-state index contributed by atoms with van der Waals surface area (Å²) in [5.74, 6) is 1.27. The number of hydrogen-bond donors (Lipinski definition) is 1. The molecule has 1 aliphatic rings. The van der Waals surface area contributed by atoms with Gasteiger partial charge < -0.3 is 14.4 Å². The van der Waals surface area contributed by atoms with Gasteiger partial charge in [0.05, 0.1) is 22.9 Å². The molecule has 1 aliphatic heterocycles. The van der Waals surface area contributed by atoms with E-state index < -0.39 is 0 Å². The minimum Gasteiger partial charge on any atom is -0.359 e. The summed E-state index contributed by atoms with van der Waals surface area (Å²) in [5, 5.41) is 7.34. The third kappa shape index (κ3) is 3.14. The Bertz CT molecular complexity index is 1150. The Labute approximate surface area is 161 Å². The maximum absolute atomic E-state index is 13.5. The summed E-state index contributed by atoms with van der Waals surface area (Å²) in [4.78, 5) is 6.81. The van der Waals surface area contributed by atoms with Crippen molar-refractivity contribution in [1.82, 2.24) is 19.6 Å². The first kappa shape index (κ1) is 16.9. The van der Waals surface area contributed by atoms with E-state index in [9.17, 15) is 4.39 Å². The average molecular weight is 377 g/mol. The minimum atomic E-state index is -0.283. The van der Waals surface area contributed by atoms with Crippen molar-refractivity contribution in [3.05, 3.63) is 71.5 Å². The molecule has 2 aromatic heterocycles. The molecule has 0 unspecified atom stereocenters. The van der Waals surface area contributed by atoms with E-state index in [1.807, 2.05) is 24.0 Å². The molecule has 3 heterocycles. The molecule has 0 aliphatic carbocycles. The van der Waals surface area contributed by atoms with E-state index in [2.05, 4.69) is 38.6 Å². The summed E-state index contributed by atoms with van der Waals surface area (Å²) in [6, 6.07) is 12.8. The fourth-order valence-electron chi connectivity index (χ4n) is 3.74. The molecule has 4 aromatic rings. The molecule has 7 heteroatoms. The lowest BCUT2D eigenvalue weighted by molar-refractivity contribution is 0.228. The van der Waals surface area contributed by atoms with E-state index in [1.54, 1.807) is 6.07 Å². The van der Waals surface area contributed by atoms with Crippen molar-refractivity contribution in [2.45, 2.75) is 19.5 Å². The third-order valence-corrected chi connectivity index (χ3v) is 5.19. The molecule has 1 N–H and O–H groups in total. The van der Waals surface area contributed by atoms with E-state index in [0.717, 1.165) is 48.4 Å². The average Bonchev–Trinajstić information content (AvgIpc) is 3.25. The van der Waals surface area contributed by atoms with Gasteiger partial charge in [0.2, 0.25) is 0 Å². The zero-order valence-corrected chi connectivity index (χ0v) is 15.5. The van der Waals surface area contributed by atoms with Crippen molar-refractivity contribution in [1.29, 1.82) is 0 Å². The van der Waals surface area contributed by atoms with Crippen molar-refractivity contribution in [2.75, 3.05) is 11.9 Å². The van der Waals surface area contributed by atoms with Gasteiger partial charge in [-0.15, -0.1) is 0 Å². The second-order valence-corrected chi connectivity index (χ2v) is 7.21. The first-order valence-corrected chi connectivity index (χ1v) is 9.28. The topological polar surface area (TPSA) is 59.1 Å². The molecule has 28 heavy (non-hydrogen) atoms. The van der Waals surface area contributed by atoms with E-state index in [1.165, 1.54) is 17.7 Å². The predicted molar refractivity (Wildman–Crippen MR) is 105 cm³/mol. The lowest BCUT2D eigenvalue weighted by Gasteiger charge is -2.26. The molecule has 0 fully saturated rings. The van der Waals surface area contributed by atoms with Gasteiger partial charge in [-0.1, -0.05) is 17.3 Å². The zero-order chi connectivity index (χ0) is 19.1. The van der Waals surface area contributed by atoms with Gasteiger partial charge in [-0.2, -0.15) is 0 Å². The van der Waals surface area contributed by atoms with Crippen LogP contribution in [0.15, 0.2) is 53.3 Å². The van der Waals surface area contributed by atoms with Crippen molar-refractivity contribution in [3.63, 3.8) is 0 Å². The number of nitrogens with zero attached hydrogens (tertiary/aromatic N) is 4. The van der Waals surface area contributed by atoms with Crippen LogP contribution < -0.4 is 5.32 Å². The molecule has 142 valence electrons. The molecule has 0 spiro atoms. The molecule has 5 rings (SSSR count). The van der Waals surface area contributed by atoms with Crippen molar-refractivity contribution >= 4 is 22.5 Å². The van der Waals surface area contributed by atoms with Gasteiger partial charge in [-0.25, -0.2) is 9.37 Å². The fourth-order valence-corrected chi connectivity index (χ4v) is 3.74. The fraction of sp³-hybridized carbons (Fsp3) is 0.238. The second kappa shape index (κ2) is 6.76. The summed E-state index contributed by atoms with van der Waals surface area (Å²) in [6.07, 6.45) is 2.64. The molecular weight excluding hydrogens is 357 g/mol. The lowest BCUT2D eigenvalue weighted by Crippen LogP contribution is -2.29. The van der Waals surface area contributed by atoms with Crippen LogP contribution in [0.5, 0.6) is 0 Å². The maximum Gasteiger partial charge on any atom is 0.178 e. The van der Waals surface area contributed by atoms with Crippen molar-refractivity contribution in [3.8, 4) is 0 Å². The van der Waals surface area contributed by atoms with Crippen LogP contribution in [-0.2, 0) is 26.6 Å². The van der Waals surface area contributed by atoms with Gasteiger partial charge in [-0.05, 0) is 35.9 Å². The molecule has 0 radical (unpaired) electrons. The van der Waals surface area contributed by atoms with Gasteiger partial charge in [0.15, 0.2) is 5.82 Å². The van der Waals surface area contributed by atoms with Crippen molar-refractivity contribution < 1.29 is 8.91 Å². The summed E-state index contributed by atoms with van der Waals surface area (Å²) in [6.45, 7) is 2.47. The summed E-state index contributed by atoms with van der Waals surface area (Å²) < 4.78 is 21.0. The molecule has 0 atom stereocenters. The number of fused-ring (bicyclic) bond motifs is 2. The van der Waals surface area contributed by atoms with Crippen LogP contribution in [0.2, 0.25) is 0 Å². The standard InChI is InChI=1S/C21H20FN5O/c1-26-13-23-18-9-14(5-6-19(18)26)11-27-8-7-20-17(12-27)21(25-28-20)24-16-4-2-3-15(22)10-16/h2-6,9-10,13H,7-8,11-12H2,1H3,(H,24,25). The number of aromatic nitrogens is 3. The molecule has 0 saturated carbocycles. The monoisotopic (exact) mass is 377 g/mol. The number of imidazole rings is 1. The highest BCUT2D eigenvalue weighted by molar-refractivity contribution is 5.75. The number of halogens is 1. The zero-order valence-electron chi connectivity index (χ0n) is 15.5. The van der Waals surface area contributed by atoms with E-state index >= 15 is 0 Å². The van der Waals surface area contributed by atoms with E-state index in [4.69, 9.17) is 4.52 Å². The number of anilines is 2. The Morgan fingerprint density at radius 1 is 1.21 bits per heavy atom. The van der Waals surface area contributed by atoms with Gasteiger partial charge in [-0.3, -0.25) is 4.90 Å². The quantitative estimate of drug-likeness (QED) is 0.582. The largest absolute Gasteiger partial charge is 0.359 e. The molecule has 0 amide bonds. The Balaban J connectivity index is 1.34. The summed E-state index contributed by atoms with van der Waals surface area (Å²) >= 11 is 0. The highest BCUT2D eigenvalue weighted by Crippen LogP contribution is 2.29. The van der Waals surface area contributed by atoms with E-state index in [0.29, 0.717) is 11.5 Å². The normalized spacial score (nSPS) is 14.4. The van der Waals surface area contributed by atoms with Crippen LogP contribution in [0.25, 0.3) is 11.0 Å². The van der Waals surface area contributed by atoms with Crippen LogP contribution in [0.3, 0.4) is 0 Å². The summed E-state index contributed by atoms with van der Waals surface area (Å²) in [5.41, 5.74) is 5.07. The second-order valence-electron chi connectivity index (χ2n) is 7.21. The number of aryl methyl sites for hydroxylation is 1. The first-order valence-electron chi connectivity index (χ1n) is 9.28. The lowest BCUT2D eigenvalue weighted by atomic mass is 10.1. The SMILES string of the molecule is Cn1cnc2cc(CN3CCc4onc(Nc5cccc(F)c5)c4C3)ccc21. The Kier molecular flexibility index (Phi) is 4.09. The molecule has 0 bridgehead atoms. The van der Waals surface area contributed by atoms with Gasteiger partial charge in [0.25, 0.3) is 0 Å². The minimum absolute atomic E-state index is 0.283. The highest BCUT2D eigenvalue weighted by Gasteiger charge is 2.24. The van der Waals surface area contributed by atoms with Gasteiger partial charge >= 0.3 is 0 Å². The molecule has 0 saturated heterocycles. The highest BCUT2D eigenvalue weighted by atomic mass is 19.1. The van der Waals surface area contributed by atoms with Gasteiger partial charge in [0, 0.05) is 38.8 Å². The third-order valence-electron chi connectivity index (χ3n) is 5.19. The van der Waals surface area contributed by atoms with Crippen LogP contribution in [-0.4, -0.2) is 26.2 Å². The maximum atomic E-state index is 13.5. The predicted octanol–water partition coefficient (Wildman–Crippen LogP) is 4.00. The van der Waals surface area contributed by atoms with E-state index in [-0.39, 0.29) is 5.82 Å². The van der Waals surface area contributed by atoms with Crippen LogP contribution in [0, 0.1) is 5.82 Å². The smallest absolute Gasteiger partial charge is 0.178 e.